The Morgan fingerprint density at radius 2 is 1.90 bits per heavy atom. The number of nitrogens with zero attached hydrogens (tertiary/aromatic N) is 5. The molecule has 1 aromatic carbocycles. The van der Waals surface area contributed by atoms with E-state index in [1.54, 1.807) is 0 Å². The van der Waals surface area contributed by atoms with Crippen molar-refractivity contribution in [3.63, 3.8) is 0 Å². The molecular formula is C13H11N5O3. The number of hydrogen-bond acceptors (Lipinski definition) is 5. The fourth-order valence-electron chi connectivity index (χ4n) is 2.63. The first-order valence-corrected chi connectivity index (χ1v) is 6.53. The molecule has 8 heteroatoms. The third-order valence-corrected chi connectivity index (χ3v) is 3.72. The summed E-state index contributed by atoms with van der Waals surface area (Å²) in [5.74, 6) is 0. The number of fused-ring (bicyclic) bond motifs is 3. The van der Waals surface area contributed by atoms with E-state index in [4.69, 9.17) is 0 Å². The summed E-state index contributed by atoms with van der Waals surface area (Å²) in [5.41, 5.74) is 3.30. The van der Waals surface area contributed by atoms with Crippen LogP contribution in [0.4, 0.5) is 0 Å². The largest absolute Gasteiger partial charge is 0.692 e. The van der Waals surface area contributed by atoms with E-state index >= 15 is 0 Å². The van der Waals surface area contributed by atoms with Crippen molar-refractivity contribution in [2.45, 2.75) is 19.8 Å². The van der Waals surface area contributed by atoms with Crippen LogP contribution in [0.3, 0.4) is 0 Å². The van der Waals surface area contributed by atoms with Gasteiger partial charge in [-0.05, 0) is 28.3 Å². The van der Waals surface area contributed by atoms with Crippen molar-refractivity contribution < 1.29 is 14.4 Å². The Balaban J connectivity index is 1.95. The second-order valence-corrected chi connectivity index (χ2v) is 4.97. The lowest BCUT2D eigenvalue weighted by Crippen LogP contribution is -2.41. The maximum Gasteiger partial charge on any atom is 0.303 e. The molecule has 0 radical (unpaired) electrons. The van der Waals surface area contributed by atoms with Crippen LogP contribution in [-0.4, -0.2) is 15.1 Å². The fourth-order valence-corrected chi connectivity index (χ4v) is 2.63. The number of benzene rings is 1. The molecule has 0 fully saturated rings. The monoisotopic (exact) mass is 285 g/mol. The maximum absolute atomic E-state index is 12.5. The molecule has 0 N–H and O–H groups in total. The van der Waals surface area contributed by atoms with Crippen LogP contribution >= 0.6 is 0 Å². The normalized spacial score (nSPS) is 13.0. The zero-order valence-corrected chi connectivity index (χ0v) is 11.2. The lowest BCUT2D eigenvalue weighted by atomic mass is 10.0. The van der Waals surface area contributed by atoms with Gasteiger partial charge in [0.1, 0.15) is 5.69 Å². The Labute approximate surface area is 118 Å². The Kier molecular flexibility index (Phi) is 2.29. The zero-order chi connectivity index (χ0) is 14.6. The molecule has 4 rings (SSSR count). The van der Waals surface area contributed by atoms with Gasteiger partial charge in [-0.15, -0.1) is 4.85 Å². The molecule has 0 unspecified atom stereocenters. The molecule has 106 valence electrons. The Hall–Kier alpha value is -2.90. The third-order valence-electron chi connectivity index (χ3n) is 3.72. The van der Waals surface area contributed by atoms with Crippen LogP contribution in [0.25, 0.3) is 17.1 Å². The molecule has 0 spiro atoms. The third kappa shape index (κ3) is 1.55. The molecule has 0 saturated heterocycles. The van der Waals surface area contributed by atoms with Crippen molar-refractivity contribution in [3.8, 4) is 17.1 Å². The van der Waals surface area contributed by atoms with Gasteiger partial charge in [0, 0.05) is 12.8 Å². The molecule has 2 aromatic heterocycles. The van der Waals surface area contributed by atoms with Crippen LogP contribution in [-0.2, 0) is 12.8 Å². The molecule has 0 aliphatic heterocycles. The quantitative estimate of drug-likeness (QED) is 0.470. The molecule has 1 aliphatic carbocycles. The SMILES string of the molecule is Cc1ccccc1-n1nc2c([n+]1[O-])CCc1c-2no[n+]1[O-]. The molecule has 1 aliphatic rings. The lowest BCUT2D eigenvalue weighted by molar-refractivity contribution is -0.808. The van der Waals surface area contributed by atoms with Crippen LogP contribution in [0.1, 0.15) is 17.0 Å². The van der Waals surface area contributed by atoms with Gasteiger partial charge in [0.2, 0.25) is 5.69 Å². The van der Waals surface area contributed by atoms with Crippen molar-refractivity contribution in [2.24, 2.45) is 0 Å². The minimum absolute atomic E-state index is 0.350. The summed E-state index contributed by atoms with van der Waals surface area (Å²) in [7, 11) is 0. The van der Waals surface area contributed by atoms with Crippen molar-refractivity contribution in [1.82, 2.24) is 15.1 Å². The predicted octanol–water partition coefficient (Wildman–Crippen LogP) is 0.201. The minimum Gasteiger partial charge on any atom is -0.692 e. The summed E-state index contributed by atoms with van der Waals surface area (Å²) >= 11 is 0. The molecule has 8 nitrogen and oxygen atoms in total. The maximum atomic E-state index is 12.5. The van der Waals surface area contributed by atoms with E-state index in [1.165, 1.54) is 4.80 Å². The summed E-state index contributed by atoms with van der Waals surface area (Å²) in [6.45, 7) is 1.91. The van der Waals surface area contributed by atoms with Gasteiger partial charge in [0.15, 0.2) is 5.69 Å². The number of aryl methyl sites for hydroxylation is 1. The zero-order valence-electron chi connectivity index (χ0n) is 11.2. The predicted molar refractivity (Wildman–Crippen MR) is 69.1 cm³/mol. The molecular weight excluding hydrogens is 274 g/mol. The molecule has 2 heterocycles. The van der Waals surface area contributed by atoms with Crippen LogP contribution < -0.4 is 9.75 Å². The van der Waals surface area contributed by atoms with Crippen molar-refractivity contribution in [3.05, 3.63) is 51.6 Å². The van der Waals surface area contributed by atoms with E-state index in [2.05, 4.69) is 14.9 Å². The number of para-hydroxylation sites is 1. The average molecular weight is 285 g/mol. The Bertz CT molecular complexity index is 852. The second kappa shape index (κ2) is 4.05. The van der Waals surface area contributed by atoms with Gasteiger partial charge in [-0.2, -0.15) is 0 Å². The van der Waals surface area contributed by atoms with Gasteiger partial charge in [-0.3, -0.25) is 4.63 Å². The number of aromatic nitrogens is 5. The smallest absolute Gasteiger partial charge is 0.303 e. The van der Waals surface area contributed by atoms with Gasteiger partial charge in [0.05, 0.1) is 10.3 Å². The summed E-state index contributed by atoms with van der Waals surface area (Å²) in [4.78, 5) is 2.42. The highest BCUT2D eigenvalue weighted by atomic mass is 16.8. The summed E-state index contributed by atoms with van der Waals surface area (Å²) in [6.07, 6.45) is 0.845. The van der Waals surface area contributed by atoms with Crippen molar-refractivity contribution >= 4 is 0 Å². The minimum atomic E-state index is 0.350. The van der Waals surface area contributed by atoms with E-state index in [0.29, 0.717) is 46.2 Å². The van der Waals surface area contributed by atoms with E-state index in [-0.39, 0.29) is 0 Å². The fraction of sp³-hybridized carbons (Fsp3) is 0.231. The van der Waals surface area contributed by atoms with E-state index in [0.717, 1.165) is 10.4 Å². The highest BCUT2D eigenvalue weighted by Crippen LogP contribution is 2.27. The first-order valence-electron chi connectivity index (χ1n) is 6.53. The second-order valence-electron chi connectivity index (χ2n) is 4.97. The van der Waals surface area contributed by atoms with E-state index < -0.39 is 0 Å². The molecule has 0 saturated carbocycles. The standard InChI is InChI=1S/C13H11N5O3/c1-8-4-2-3-5-9(8)16-14-12-10(17(16)19)6-7-11-13(12)15-21-18(11)20/h2-5H,6-7H2,1H3. The Morgan fingerprint density at radius 1 is 1.14 bits per heavy atom. The van der Waals surface area contributed by atoms with Gasteiger partial charge in [-0.25, -0.2) is 0 Å². The Morgan fingerprint density at radius 3 is 2.71 bits per heavy atom. The first-order chi connectivity index (χ1) is 10.2. The van der Waals surface area contributed by atoms with Crippen molar-refractivity contribution in [1.29, 1.82) is 0 Å². The van der Waals surface area contributed by atoms with Gasteiger partial charge in [-0.1, -0.05) is 18.2 Å². The molecule has 21 heavy (non-hydrogen) atoms. The average Bonchev–Trinajstić information content (AvgIpc) is 3.01. The molecule has 0 amide bonds. The van der Waals surface area contributed by atoms with Gasteiger partial charge >= 0.3 is 11.4 Å². The summed E-state index contributed by atoms with van der Waals surface area (Å²) < 4.78 is 4.60. The van der Waals surface area contributed by atoms with Crippen LogP contribution in [0.2, 0.25) is 0 Å². The number of hydrogen-bond donors (Lipinski definition) is 0. The van der Waals surface area contributed by atoms with Crippen LogP contribution in [0, 0.1) is 17.3 Å². The first kappa shape index (κ1) is 11.9. The van der Waals surface area contributed by atoms with E-state index in [9.17, 15) is 10.4 Å². The highest BCUT2D eigenvalue weighted by Gasteiger charge is 2.39. The van der Waals surface area contributed by atoms with Crippen LogP contribution in [0.15, 0.2) is 28.9 Å². The number of rotatable bonds is 1. The lowest BCUT2D eigenvalue weighted by Gasteiger charge is -2.08. The van der Waals surface area contributed by atoms with Crippen LogP contribution in [0.5, 0.6) is 0 Å². The summed E-state index contributed by atoms with van der Waals surface area (Å²) in [6, 6.07) is 7.46. The topological polar surface area (TPSA) is 97.7 Å². The van der Waals surface area contributed by atoms with Crippen molar-refractivity contribution in [2.75, 3.05) is 0 Å². The molecule has 3 aromatic rings. The van der Waals surface area contributed by atoms with Gasteiger partial charge < -0.3 is 10.4 Å². The van der Waals surface area contributed by atoms with Gasteiger partial charge in [0.25, 0.3) is 0 Å². The van der Waals surface area contributed by atoms with E-state index in [1.807, 2.05) is 31.2 Å². The molecule has 0 atom stereocenters. The summed E-state index contributed by atoms with van der Waals surface area (Å²) in [5, 5.41) is 32.0. The highest BCUT2D eigenvalue weighted by molar-refractivity contribution is 5.59. The molecule has 0 bridgehead atoms.